The minimum atomic E-state index is -0.148. The average Bonchev–Trinajstić information content (AvgIpc) is 2.27. The minimum Gasteiger partial charge on any atom is -0.379 e. The van der Waals surface area contributed by atoms with Gasteiger partial charge in [0.1, 0.15) is 4.47 Å². The molecular formula is C9H10BrClN2O2. The SMILES string of the molecule is O=c1c(Br)c(Cl)ncn1C1CCCOC1. The first-order chi connectivity index (χ1) is 7.20. The van der Waals surface area contributed by atoms with Crippen molar-refractivity contribution in [3.05, 3.63) is 26.3 Å². The first kappa shape index (κ1) is 11.1. The third-order valence-electron chi connectivity index (χ3n) is 2.43. The Labute approximate surface area is 100 Å². The number of aromatic nitrogens is 2. The standard InChI is InChI=1S/C9H10BrClN2O2/c10-7-8(11)12-5-13(9(7)14)6-2-1-3-15-4-6/h5-6H,1-4H2. The van der Waals surface area contributed by atoms with Gasteiger partial charge < -0.3 is 4.74 Å². The summed E-state index contributed by atoms with van der Waals surface area (Å²) in [5, 5.41) is 0.202. The van der Waals surface area contributed by atoms with Crippen LogP contribution in [-0.4, -0.2) is 22.8 Å². The molecule has 1 unspecified atom stereocenters. The zero-order valence-corrected chi connectivity index (χ0v) is 10.3. The Hall–Kier alpha value is -0.390. The summed E-state index contributed by atoms with van der Waals surface area (Å²) in [5.74, 6) is 0. The highest BCUT2D eigenvalue weighted by Crippen LogP contribution is 2.20. The Morgan fingerprint density at radius 1 is 1.67 bits per heavy atom. The second-order valence-corrected chi connectivity index (χ2v) is 4.58. The highest BCUT2D eigenvalue weighted by atomic mass is 79.9. The molecule has 82 valence electrons. The first-order valence-corrected chi connectivity index (χ1v) is 5.87. The van der Waals surface area contributed by atoms with Crippen LogP contribution < -0.4 is 5.56 Å². The van der Waals surface area contributed by atoms with E-state index < -0.39 is 0 Å². The molecule has 1 saturated heterocycles. The van der Waals surface area contributed by atoms with Crippen LogP contribution in [0.15, 0.2) is 15.6 Å². The number of ether oxygens (including phenoxy) is 1. The average molecular weight is 294 g/mol. The van der Waals surface area contributed by atoms with E-state index in [1.807, 2.05) is 0 Å². The van der Waals surface area contributed by atoms with Gasteiger partial charge in [0, 0.05) is 6.61 Å². The lowest BCUT2D eigenvalue weighted by Gasteiger charge is -2.23. The lowest BCUT2D eigenvalue weighted by atomic mass is 10.1. The lowest BCUT2D eigenvalue weighted by molar-refractivity contribution is 0.0575. The molecule has 0 radical (unpaired) electrons. The summed E-state index contributed by atoms with van der Waals surface area (Å²) in [6.45, 7) is 1.34. The summed E-state index contributed by atoms with van der Waals surface area (Å²) in [5.41, 5.74) is -0.148. The van der Waals surface area contributed by atoms with E-state index in [1.54, 1.807) is 4.57 Å². The van der Waals surface area contributed by atoms with Crippen molar-refractivity contribution in [1.29, 1.82) is 0 Å². The van der Waals surface area contributed by atoms with Gasteiger partial charge in [-0.1, -0.05) is 11.6 Å². The maximum atomic E-state index is 11.8. The fraction of sp³-hybridized carbons (Fsp3) is 0.556. The smallest absolute Gasteiger partial charge is 0.269 e. The maximum Gasteiger partial charge on any atom is 0.269 e. The molecule has 0 N–H and O–H groups in total. The molecule has 1 atom stereocenters. The molecule has 2 rings (SSSR count). The summed E-state index contributed by atoms with van der Waals surface area (Å²) in [7, 11) is 0. The fourth-order valence-corrected chi connectivity index (χ4v) is 2.06. The third-order valence-corrected chi connectivity index (χ3v) is 3.66. The van der Waals surface area contributed by atoms with Gasteiger partial charge in [-0.15, -0.1) is 0 Å². The molecule has 0 bridgehead atoms. The van der Waals surface area contributed by atoms with Crippen LogP contribution in [0.2, 0.25) is 5.15 Å². The van der Waals surface area contributed by atoms with Crippen LogP contribution in [0.3, 0.4) is 0 Å². The topological polar surface area (TPSA) is 44.1 Å². The molecule has 1 fully saturated rings. The van der Waals surface area contributed by atoms with Crippen LogP contribution in [-0.2, 0) is 4.74 Å². The Morgan fingerprint density at radius 3 is 3.13 bits per heavy atom. The van der Waals surface area contributed by atoms with Crippen molar-refractivity contribution < 1.29 is 4.74 Å². The summed E-state index contributed by atoms with van der Waals surface area (Å²) < 4.78 is 7.22. The minimum absolute atomic E-state index is 0.0762. The largest absolute Gasteiger partial charge is 0.379 e. The van der Waals surface area contributed by atoms with Crippen LogP contribution >= 0.6 is 27.5 Å². The summed E-state index contributed by atoms with van der Waals surface area (Å²) in [4.78, 5) is 15.8. The number of halogens is 2. The highest BCUT2D eigenvalue weighted by molar-refractivity contribution is 9.10. The Balaban J connectivity index is 2.35. The van der Waals surface area contributed by atoms with Gasteiger partial charge in [0.25, 0.3) is 5.56 Å². The van der Waals surface area contributed by atoms with Crippen molar-refractivity contribution in [3.63, 3.8) is 0 Å². The molecule has 1 aliphatic rings. The van der Waals surface area contributed by atoms with Gasteiger partial charge in [-0.05, 0) is 28.8 Å². The van der Waals surface area contributed by atoms with E-state index >= 15 is 0 Å². The van der Waals surface area contributed by atoms with Crippen molar-refractivity contribution >= 4 is 27.5 Å². The van der Waals surface area contributed by atoms with Crippen molar-refractivity contribution in [2.45, 2.75) is 18.9 Å². The van der Waals surface area contributed by atoms with Crippen LogP contribution in [0.1, 0.15) is 18.9 Å². The second-order valence-electron chi connectivity index (χ2n) is 3.43. The van der Waals surface area contributed by atoms with Crippen LogP contribution in [0.25, 0.3) is 0 Å². The number of hydrogen-bond acceptors (Lipinski definition) is 3. The van der Waals surface area contributed by atoms with E-state index in [0.29, 0.717) is 11.1 Å². The number of hydrogen-bond donors (Lipinski definition) is 0. The van der Waals surface area contributed by atoms with Gasteiger partial charge in [0.05, 0.1) is 19.0 Å². The molecule has 0 saturated carbocycles. The second kappa shape index (κ2) is 4.63. The quantitative estimate of drug-likeness (QED) is 0.744. The molecule has 0 aliphatic carbocycles. The number of rotatable bonds is 1. The summed E-state index contributed by atoms with van der Waals surface area (Å²) in [6.07, 6.45) is 3.39. The maximum absolute atomic E-state index is 11.8. The fourth-order valence-electron chi connectivity index (χ4n) is 1.63. The lowest BCUT2D eigenvalue weighted by Crippen LogP contribution is -2.31. The van der Waals surface area contributed by atoms with Crippen molar-refractivity contribution in [3.8, 4) is 0 Å². The van der Waals surface area contributed by atoms with Crippen LogP contribution in [0.4, 0.5) is 0 Å². The van der Waals surface area contributed by atoms with Crippen molar-refractivity contribution in [1.82, 2.24) is 9.55 Å². The number of nitrogens with zero attached hydrogens (tertiary/aromatic N) is 2. The first-order valence-electron chi connectivity index (χ1n) is 4.70. The molecule has 6 heteroatoms. The van der Waals surface area contributed by atoms with Gasteiger partial charge in [-0.2, -0.15) is 0 Å². The van der Waals surface area contributed by atoms with Gasteiger partial charge in [0.2, 0.25) is 0 Å². The van der Waals surface area contributed by atoms with E-state index in [0.717, 1.165) is 19.4 Å². The molecule has 1 aromatic heterocycles. The van der Waals surface area contributed by atoms with Gasteiger partial charge in [-0.25, -0.2) is 4.98 Å². The molecular weight excluding hydrogens is 283 g/mol. The van der Waals surface area contributed by atoms with E-state index in [1.165, 1.54) is 6.33 Å². The summed E-state index contributed by atoms with van der Waals surface area (Å²) in [6, 6.07) is 0.0762. The summed E-state index contributed by atoms with van der Waals surface area (Å²) >= 11 is 8.85. The van der Waals surface area contributed by atoms with Gasteiger partial charge in [-0.3, -0.25) is 9.36 Å². The van der Waals surface area contributed by atoms with Gasteiger partial charge >= 0.3 is 0 Å². The monoisotopic (exact) mass is 292 g/mol. The highest BCUT2D eigenvalue weighted by Gasteiger charge is 2.18. The third kappa shape index (κ3) is 2.24. The molecule has 0 amide bonds. The molecule has 1 aromatic rings. The molecule has 1 aliphatic heterocycles. The Kier molecular flexibility index (Phi) is 3.43. The molecule has 0 spiro atoms. The zero-order valence-electron chi connectivity index (χ0n) is 7.95. The van der Waals surface area contributed by atoms with Crippen molar-refractivity contribution in [2.24, 2.45) is 0 Å². The molecule has 2 heterocycles. The molecule has 15 heavy (non-hydrogen) atoms. The Bertz CT molecular complexity index is 415. The van der Waals surface area contributed by atoms with E-state index in [2.05, 4.69) is 20.9 Å². The molecule has 0 aromatic carbocycles. The van der Waals surface area contributed by atoms with Crippen molar-refractivity contribution in [2.75, 3.05) is 13.2 Å². The Morgan fingerprint density at radius 2 is 2.47 bits per heavy atom. The predicted molar refractivity (Wildman–Crippen MR) is 60.3 cm³/mol. The molecule has 4 nitrogen and oxygen atoms in total. The van der Waals surface area contributed by atoms with E-state index in [9.17, 15) is 4.79 Å². The normalized spacial score (nSPS) is 21.6. The van der Waals surface area contributed by atoms with Crippen LogP contribution in [0.5, 0.6) is 0 Å². The van der Waals surface area contributed by atoms with E-state index in [-0.39, 0.29) is 16.8 Å². The zero-order chi connectivity index (χ0) is 10.8. The van der Waals surface area contributed by atoms with E-state index in [4.69, 9.17) is 16.3 Å². The van der Waals surface area contributed by atoms with Crippen LogP contribution in [0, 0.1) is 0 Å². The van der Waals surface area contributed by atoms with Gasteiger partial charge in [0.15, 0.2) is 5.15 Å². The predicted octanol–water partition coefficient (Wildman–Crippen LogP) is 2.01.